The standard InChI is InChI=1S/C44H90O.C2H4O/c1-3-5-7-9-11-13-15-17-19-21-23-25-27-29-31-33-35-37-39-41-43-45-44-42-40-38-36-34-32-30-28-26-24-22-20-18-16-14-12-10-8-6-4-2;1-2-3-1/h3-44H2,1-2H3;1-2H2. The molecular weight excluding hydrogens is 585 g/mol. The van der Waals surface area contributed by atoms with E-state index in [4.69, 9.17) is 4.74 Å². The lowest BCUT2D eigenvalue weighted by atomic mass is 10.0. The van der Waals surface area contributed by atoms with Gasteiger partial charge in [0.05, 0.1) is 13.2 Å². The predicted octanol–water partition coefficient (Wildman–Crippen LogP) is 16.7. The number of epoxide rings is 1. The summed E-state index contributed by atoms with van der Waals surface area (Å²) in [5.41, 5.74) is 0. The van der Waals surface area contributed by atoms with Crippen LogP contribution in [0.1, 0.15) is 271 Å². The van der Waals surface area contributed by atoms with Crippen LogP contribution >= 0.6 is 0 Å². The Morgan fingerprint density at radius 3 is 0.542 bits per heavy atom. The van der Waals surface area contributed by atoms with Gasteiger partial charge in [0.15, 0.2) is 0 Å². The number of unbranched alkanes of at least 4 members (excludes halogenated alkanes) is 38. The van der Waals surface area contributed by atoms with E-state index in [1.807, 2.05) is 0 Å². The second kappa shape index (κ2) is 46.9. The van der Waals surface area contributed by atoms with Crippen molar-refractivity contribution in [3.05, 3.63) is 0 Å². The second-order valence-electron chi connectivity index (χ2n) is 15.7. The molecule has 0 amide bonds. The molecule has 0 aromatic heterocycles. The third-order valence-corrected chi connectivity index (χ3v) is 10.5. The highest BCUT2D eigenvalue weighted by Crippen LogP contribution is 2.16. The van der Waals surface area contributed by atoms with Crippen LogP contribution in [0.2, 0.25) is 0 Å². The van der Waals surface area contributed by atoms with Crippen LogP contribution in [0.4, 0.5) is 0 Å². The summed E-state index contributed by atoms with van der Waals surface area (Å²) in [5.74, 6) is 0. The molecular formula is C46H94O2. The average molecular weight is 679 g/mol. The van der Waals surface area contributed by atoms with E-state index in [2.05, 4.69) is 18.6 Å². The lowest BCUT2D eigenvalue weighted by molar-refractivity contribution is 0.125. The van der Waals surface area contributed by atoms with E-state index in [9.17, 15) is 0 Å². The monoisotopic (exact) mass is 679 g/mol. The van der Waals surface area contributed by atoms with Gasteiger partial charge in [-0.1, -0.05) is 258 Å². The van der Waals surface area contributed by atoms with Gasteiger partial charge >= 0.3 is 0 Å². The summed E-state index contributed by atoms with van der Waals surface area (Å²) in [6, 6.07) is 0. The molecule has 0 spiro atoms. The normalized spacial score (nSPS) is 12.4. The van der Waals surface area contributed by atoms with Gasteiger partial charge < -0.3 is 9.47 Å². The van der Waals surface area contributed by atoms with Gasteiger partial charge in [-0.25, -0.2) is 0 Å². The first-order valence-corrected chi connectivity index (χ1v) is 23.1. The van der Waals surface area contributed by atoms with Gasteiger partial charge in [0, 0.05) is 13.2 Å². The van der Waals surface area contributed by atoms with Gasteiger partial charge in [0.25, 0.3) is 0 Å². The Morgan fingerprint density at radius 2 is 0.396 bits per heavy atom. The molecule has 0 aromatic carbocycles. The van der Waals surface area contributed by atoms with Gasteiger partial charge in [0.2, 0.25) is 0 Å². The Labute approximate surface area is 305 Å². The Balaban J connectivity index is 0.00000692. The topological polar surface area (TPSA) is 21.8 Å². The fourth-order valence-corrected chi connectivity index (χ4v) is 7.02. The van der Waals surface area contributed by atoms with Crippen LogP contribution in [0, 0.1) is 0 Å². The summed E-state index contributed by atoms with van der Waals surface area (Å²) in [6.45, 7) is 8.61. The molecule has 0 saturated carbocycles. The van der Waals surface area contributed by atoms with Gasteiger partial charge in [0.1, 0.15) is 0 Å². The third kappa shape index (κ3) is 50.3. The van der Waals surface area contributed by atoms with Crippen molar-refractivity contribution in [2.24, 2.45) is 0 Å². The van der Waals surface area contributed by atoms with Gasteiger partial charge in [-0.05, 0) is 12.8 Å². The zero-order valence-corrected chi connectivity index (χ0v) is 33.9. The van der Waals surface area contributed by atoms with E-state index in [0.29, 0.717) is 0 Å². The maximum absolute atomic E-state index is 5.91. The van der Waals surface area contributed by atoms with Crippen LogP contribution in [0.15, 0.2) is 0 Å². The van der Waals surface area contributed by atoms with E-state index in [0.717, 1.165) is 26.4 Å². The Kier molecular flexibility index (Phi) is 46.8. The molecule has 1 fully saturated rings. The molecule has 0 aromatic rings. The first-order chi connectivity index (χ1) is 23.9. The maximum Gasteiger partial charge on any atom is 0.0701 e. The average Bonchev–Trinajstić information content (AvgIpc) is 3.99. The Hall–Kier alpha value is -0.0800. The lowest BCUT2D eigenvalue weighted by Gasteiger charge is -2.06. The largest absolute Gasteiger partial charge is 0.381 e. The van der Waals surface area contributed by atoms with E-state index >= 15 is 0 Å². The van der Waals surface area contributed by atoms with Crippen molar-refractivity contribution in [3.63, 3.8) is 0 Å². The highest BCUT2D eigenvalue weighted by atomic mass is 16.6. The minimum atomic E-state index is 0.998. The van der Waals surface area contributed by atoms with Crippen molar-refractivity contribution in [2.75, 3.05) is 26.4 Å². The number of ether oxygens (including phenoxy) is 2. The molecule has 0 bridgehead atoms. The van der Waals surface area contributed by atoms with Gasteiger partial charge in [-0.2, -0.15) is 0 Å². The summed E-state index contributed by atoms with van der Waals surface area (Å²) >= 11 is 0. The lowest BCUT2D eigenvalue weighted by Crippen LogP contribution is -1.97. The van der Waals surface area contributed by atoms with Crippen LogP contribution < -0.4 is 0 Å². The fraction of sp³-hybridized carbons (Fsp3) is 1.00. The van der Waals surface area contributed by atoms with Gasteiger partial charge in [-0.15, -0.1) is 0 Å². The van der Waals surface area contributed by atoms with Crippen molar-refractivity contribution in [1.82, 2.24) is 0 Å². The third-order valence-electron chi connectivity index (χ3n) is 10.5. The summed E-state index contributed by atoms with van der Waals surface area (Å²) in [4.78, 5) is 0. The van der Waals surface area contributed by atoms with Crippen molar-refractivity contribution in [1.29, 1.82) is 0 Å². The van der Waals surface area contributed by atoms with E-state index in [1.54, 1.807) is 0 Å². The van der Waals surface area contributed by atoms with Crippen LogP contribution in [0.25, 0.3) is 0 Å². The number of hydrogen-bond acceptors (Lipinski definition) is 2. The highest BCUT2D eigenvalue weighted by molar-refractivity contribution is 4.53. The zero-order valence-electron chi connectivity index (χ0n) is 33.9. The molecule has 0 radical (unpaired) electrons. The second-order valence-corrected chi connectivity index (χ2v) is 15.7. The molecule has 48 heavy (non-hydrogen) atoms. The Bertz CT molecular complexity index is 473. The summed E-state index contributed by atoms with van der Waals surface area (Å²) in [5, 5.41) is 0. The predicted molar refractivity (Wildman–Crippen MR) is 218 cm³/mol. The molecule has 0 unspecified atom stereocenters. The van der Waals surface area contributed by atoms with Crippen LogP contribution in [0.3, 0.4) is 0 Å². The summed E-state index contributed by atoms with van der Waals surface area (Å²) in [6.07, 6.45) is 58.0. The number of rotatable bonds is 42. The molecule has 2 heteroatoms. The molecule has 1 saturated heterocycles. The molecule has 1 aliphatic rings. The van der Waals surface area contributed by atoms with E-state index < -0.39 is 0 Å². The quantitative estimate of drug-likeness (QED) is 0.0473. The van der Waals surface area contributed by atoms with Crippen molar-refractivity contribution < 1.29 is 9.47 Å². The van der Waals surface area contributed by atoms with E-state index in [-0.39, 0.29) is 0 Å². The summed E-state index contributed by atoms with van der Waals surface area (Å²) in [7, 11) is 0. The molecule has 0 N–H and O–H groups in total. The van der Waals surface area contributed by atoms with Crippen molar-refractivity contribution >= 4 is 0 Å². The Morgan fingerprint density at radius 1 is 0.250 bits per heavy atom. The molecule has 1 aliphatic heterocycles. The maximum atomic E-state index is 5.91. The zero-order chi connectivity index (χ0) is 34.5. The number of hydrogen-bond donors (Lipinski definition) is 0. The highest BCUT2D eigenvalue weighted by Gasteiger charge is 1.98. The van der Waals surface area contributed by atoms with E-state index in [1.165, 1.54) is 257 Å². The molecule has 2 nitrogen and oxygen atoms in total. The fourth-order valence-electron chi connectivity index (χ4n) is 7.02. The van der Waals surface area contributed by atoms with Crippen molar-refractivity contribution in [3.8, 4) is 0 Å². The van der Waals surface area contributed by atoms with Crippen LogP contribution in [-0.4, -0.2) is 26.4 Å². The first kappa shape index (κ1) is 47.9. The molecule has 1 heterocycles. The minimum Gasteiger partial charge on any atom is -0.381 e. The summed E-state index contributed by atoms with van der Waals surface area (Å²) < 4.78 is 10.4. The molecule has 1 rings (SSSR count). The first-order valence-electron chi connectivity index (χ1n) is 23.1. The van der Waals surface area contributed by atoms with Gasteiger partial charge in [-0.3, -0.25) is 0 Å². The SMILES string of the molecule is C1CO1.CCCCCCCCCCCCCCCCCCCCCCOCCCCCCCCCCCCCCCCCCCCCC. The van der Waals surface area contributed by atoms with Crippen molar-refractivity contribution in [2.45, 2.75) is 271 Å². The molecule has 0 atom stereocenters. The minimum absolute atomic E-state index is 0.998. The van der Waals surface area contributed by atoms with Crippen LogP contribution in [-0.2, 0) is 9.47 Å². The van der Waals surface area contributed by atoms with Crippen LogP contribution in [0.5, 0.6) is 0 Å². The molecule has 290 valence electrons. The molecule has 0 aliphatic carbocycles. The smallest absolute Gasteiger partial charge is 0.0701 e.